The number of ether oxygens (including phenoxy) is 2. The topological polar surface area (TPSA) is 115 Å². The van der Waals surface area contributed by atoms with Crippen LogP contribution in [-0.2, 0) is 4.79 Å². The number of benzene rings is 2. The molecule has 0 spiro atoms. The van der Waals surface area contributed by atoms with E-state index in [1.54, 1.807) is 18.2 Å². The van der Waals surface area contributed by atoms with Crippen molar-refractivity contribution in [3.63, 3.8) is 0 Å². The first-order valence-corrected chi connectivity index (χ1v) is 10.2. The van der Waals surface area contributed by atoms with Crippen LogP contribution in [0, 0.1) is 17.0 Å². The lowest BCUT2D eigenvalue weighted by Crippen LogP contribution is -2.44. The first-order chi connectivity index (χ1) is 14.3. The maximum atomic E-state index is 12.1. The summed E-state index contributed by atoms with van der Waals surface area (Å²) in [6.07, 6.45) is 0. The Balaban J connectivity index is 1.93. The second-order valence-electron chi connectivity index (χ2n) is 5.76. The first-order valence-electron chi connectivity index (χ1n) is 8.41. The van der Waals surface area contributed by atoms with E-state index in [2.05, 4.69) is 16.2 Å². The molecule has 0 saturated carbocycles. The largest absolute Gasteiger partial charge is 0.495 e. The highest BCUT2D eigenvalue weighted by atomic mass is 35.5. The molecule has 0 heterocycles. The second kappa shape index (κ2) is 10.9. The van der Waals surface area contributed by atoms with Gasteiger partial charge in [-0.05, 0) is 36.8 Å². The van der Waals surface area contributed by atoms with Crippen molar-refractivity contribution in [1.82, 2.24) is 10.9 Å². The lowest BCUT2D eigenvalue weighted by molar-refractivity contribution is -0.385. The third-order valence-electron chi connectivity index (χ3n) is 3.85. The van der Waals surface area contributed by atoms with Crippen LogP contribution in [0.3, 0.4) is 0 Å². The average molecular weight is 471 g/mol. The molecular weight excluding hydrogens is 452 g/mol. The van der Waals surface area contributed by atoms with Crippen LogP contribution in [0.5, 0.6) is 11.5 Å². The molecule has 9 nitrogen and oxygen atoms in total. The zero-order valence-corrected chi connectivity index (χ0v) is 18.7. The predicted octanol–water partition coefficient (Wildman–Crippen LogP) is 3.68. The molecule has 0 aliphatic carbocycles. The molecule has 3 N–H and O–H groups in total. The SMILES string of the molecule is COc1cc([N+](=O)[O-])c(OC)cc1SCC(=O)NNC(=S)Nc1cccc(Cl)c1C. The van der Waals surface area contributed by atoms with Gasteiger partial charge in [0, 0.05) is 16.8 Å². The van der Waals surface area contributed by atoms with Gasteiger partial charge in [0.2, 0.25) is 5.91 Å². The molecule has 0 unspecified atom stereocenters. The summed E-state index contributed by atoms with van der Waals surface area (Å²) in [6, 6.07) is 8.06. The Hall–Kier alpha value is -2.76. The number of hydrogen-bond donors (Lipinski definition) is 3. The van der Waals surface area contributed by atoms with Crippen LogP contribution in [0.4, 0.5) is 11.4 Å². The van der Waals surface area contributed by atoms with Crippen molar-refractivity contribution in [2.24, 2.45) is 0 Å². The Morgan fingerprint density at radius 2 is 1.93 bits per heavy atom. The number of nitro groups is 1. The van der Waals surface area contributed by atoms with Crippen molar-refractivity contribution in [3.8, 4) is 11.5 Å². The van der Waals surface area contributed by atoms with E-state index >= 15 is 0 Å². The molecule has 12 heteroatoms. The van der Waals surface area contributed by atoms with Crippen LogP contribution >= 0.6 is 35.6 Å². The summed E-state index contributed by atoms with van der Waals surface area (Å²) in [5.41, 5.74) is 6.40. The average Bonchev–Trinajstić information content (AvgIpc) is 2.73. The Labute approximate surface area is 187 Å². The minimum Gasteiger partial charge on any atom is -0.495 e. The number of methoxy groups -OCH3 is 2. The van der Waals surface area contributed by atoms with E-state index in [0.29, 0.717) is 15.6 Å². The molecular formula is C18H19ClN4O5S2. The van der Waals surface area contributed by atoms with Crippen LogP contribution in [0.15, 0.2) is 35.2 Å². The van der Waals surface area contributed by atoms with Gasteiger partial charge in [0.05, 0.1) is 35.9 Å². The number of thiocarbonyl (C=S) groups is 1. The maximum absolute atomic E-state index is 12.1. The normalized spacial score (nSPS) is 10.1. The van der Waals surface area contributed by atoms with E-state index in [4.69, 9.17) is 33.3 Å². The van der Waals surface area contributed by atoms with Crippen molar-refractivity contribution < 1.29 is 19.2 Å². The summed E-state index contributed by atoms with van der Waals surface area (Å²) >= 11 is 12.4. The molecule has 2 rings (SSSR count). The molecule has 0 aliphatic rings. The number of nitro benzene ring substituents is 1. The van der Waals surface area contributed by atoms with Gasteiger partial charge < -0.3 is 14.8 Å². The van der Waals surface area contributed by atoms with Crippen molar-refractivity contribution in [2.75, 3.05) is 25.3 Å². The van der Waals surface area contributed by atoms with Gasteiger partial charge in [-0.25, -0.2) is 0 Å². The fraction of sp³-hybridized carbons (Fsp3) is 0.222. The van der Waals surface area contributed by atoms with E-state index in [1.165, 1.54) is 26.4 Å². The van der Waals surface area contributed by atoms with Gasteiger partial charge in [-0.3, -0.25) is 25.8 Å². The molecule has 0 aromatic heterocycles. The predicted molar refractivity (Wildman–Crippen MR) is 121 cm³/mol. The molecule has 0 aliphatic heterocycles. The van der Waals surface area contributed by atoms with Crippen molar-refractivity contribution in [1.29, 1.82) is 0 Å². The number of hydrogen-bond acceptors (Lipinski definition) is 7. The Morgan fingerprint density at radius 1 is 1.23 bits per heavy atom. The minimum absolute atomic E-state index is 0.00311. The molecule has 30 heavy (non-hydrogen) atoms. The molecule has 0 bridgehead atoms. The number of nitrogens with one attached hydrogen (secondary N) is 3. The number of thioether (sulfide) groups is 1. The Morgan fingerprint density at radius 3 is 2.57 bits per heavy atom. The van der Waals surface area contributed by atoms with Crippen molar-refractivity contribution in [3.05, 3.63) is 51.0 Å². The zero-order chi connectivity index (χ0) is 22.3. The summed E-state index contributed by atoms with van der Waals surface area (Å²) in [5.74, 6) is -0.0272. The van der Waals surface area contributed by atoms with E-state index in [-0.39, 0.29) is 34.0 Å². The van der Waals surface area contributed by atoms with Gasteiger partial charge in [0.15, 0.2) is 10.9 Å². The van der Waals surface area contributed by atoms with Crippen LogP contribution in [0.2, 0.25) is 5.02 Å². The Bertz CT molecular complexity index is 974. The summed E-state index contributed by atoms with van der Waals surface area (Å²) in [5, 5.41) is 14.8. The number of hydrazine groups is 1. The molecule has 0 saturated heterocycles. The van der Waals surface area contributed by atoms with E-state index < -0.39 is 4.92 Å². The van der Waals surface area contributed by atoms with Gasteiger partial charge >= 0.3 is 5.69 Å². The number of rotatable bonds is 7. The van der Waals surface area contributed by atoms with E-state index in [9.17, 15) is 14.9 Å². The lowest BCUT2D eigenvalue weighted by Gasteiger charge is -2.14. The highest BCUT2D eigenvalue weighted by Crippen LogP contribution is 2.39. The third-order valence-corrected chi connectivity index (χ3v) is 5.50. The zero-order valence-electron chi connectivity index (χ0n) is 16.3. The fourth-order valence-electron chi connectivity index (χ4n) is 2.31. The molecule has 1 amide bonds. The van der Waals surface area contributed by atoms with Crippen LogP contribution < -0.4 is 25.6 Å². The second-order valence-corrected chi connectivity index (χ2v) is 7.59. The van der Waals surface area contributed by atoms with Crippen LogP contribution in [0.1, 0.15) is 5.56 Å². The van der Waals surface area contributed by atoms with Crippen LogP contribution in [-0.4, -0.2) is 35.9 Å². The molecule has 2 aromatic carbocycles. The standard InChI is InChI=1S/C18H19ClN4O5S2/c1-10-11(19)5-4-6-12(10)20-18(29)22-21-17(24)9-30-16-8-14(27-2)13(23(25)26)7-15(16)28-3/h4-8H,9H2,1-3H3,(H,21,24)(H2,20,22,29). The van der Waals surface area contributed by atoms with Gasteiger partial charge in [0.1, 0.15) is 5.75 Å². The lowest BCUT2D eigenvalue weighted by atomic mass is 10.2. The van der Waals surface area contributed by atoms with Crippen molar-refractivity contribution in [2.45, 2.75) is 11.8 Å². The first kappa shape index (κ1) is 23.5. The monoisotopic (exact) mass is 470 g/mol. The number of amides is 1. The number of carbonyl (C=O) groups is 1. The molecule has 0 atom stereocenters. The maximum Gasteiger partial charge on any atom is 0.314 e. The van der Waals surface area contributed by atoms with Crippen LogP contribution in [0.25, 0.3) is 0 Å². The van der Waals surface area contributed by atoms with Crippen molar-refractivity contribution >= 4 is 58.0 Å². The number of halogens is 1. The summed E-state index contributed by atoms with van der Waals surface area (Å²) in [6.45, 7) is 1.84. The summed E-state index contributed by atoms with van der Waals surface area (Å²) in [4.78, 5) is 23.2. The Kier molecular flexibility index (Phi) is 8.51. The minimum atomic E-state index is -0.567. The smallest absolute Gasteiger partial charge is 0.314 e. The highest BCUT2D eigenvalue weighted by molar-refractivity contribution is 8.00. The van der Waals surface area contributed by atoms with Gasteiger partial charge in [-0.2, -0.15) is 0 Å². The third kappa shape index (κ3) is 6.12. The highest BCUT2D eigenvalue weighted by Gasteiger charge is 2.20. The number of anilines is 1. The van der Waals surface area contributed by atoms with Gasteiger partial charge in [0.25, 0.3) is 0 Å². The molecule has 0 fully saturated rings. The molecule has 0 radical (unpaired) electrons. The van der Waals surface area contributed by atoms with E-state index in [1.807, 2.05) is 6.92 Å². The van der Waals surface area contributed by atoms with Gasteiger partial charge in [-0.1, -0.05) is 17.7 Å². The quantitative estimate of drug-likeness (QED) is 0.241. The van der Waals surface area contributed by atoms with Gasteiger partial charge in [-0.15, -0.1) is 11.8 Å². The fourth-order valence-corrected chi connectivity index (χ4v) is 3.48. The number of carbonyl (C=O) groups excluding carboxylic acids is 1. The molecule has 2 aromatic rings. The summed E-state index contributed by atoms with van der Waals surface area (Å²) in [7, 11) is 2.72. The molecule has 160 valence electrons. The van der Waals surface area contributed by atoms with E-state index in [0.717, 1.165) is 17.3 Å². The number of nitrogens with zero attached hydrogens (tertiary/aromatic N) is 1. The summed E-state index contributed by atoms with van der Waals surface area (Å²) < 4.78 is 10.2.